The van der Waals surface area contributed by atoms with E-state index >= 15 is 0 Å². The first-order chi connectivity index (χ1) is 15.1. The summed E-state index contributed by atoms with van der Waals surface area (Å²) in [5.74, 6) is -4.62. The van der Waals surface area contributed by atoms with Gasteiger partial charge in [-0.15, -0.1) is 5.10 Å². The van der Waals surface area contributed by atoms with Crippen LogP contribution in [0.2, 0.25) is 10.0 Å². The van der Waals surface area contributed by atoms with Crippen LogP contribution in [0.25, 0.3) is 11.5 Å². The van der Waals surface area contributed by atoms with Gasteiger partial charge in [-0.3, -0.25) is 4.79 Å². The highest BCUT2D eigenvalue weighted by Gasteiger charge is 2.32. The van der Waals surface area contributed by atoms with E-state index in [2.05, 4.69) is 30.9 Å². The Morgan fingerprint density at radius 3 is 2.50 bits per heavy atom. The Morgan fingerprint density at radius 1 is 1.19 bits per heavy atom. The highest BCUT2D eigenvalue weighted by molar-refractivity contribution is 6.37. The summed E-state index contributed by atoms with van der Waals surface area (Å²) in [6.45, 7) is 0.680. The number of nitrogens with one attached hydrogen (secondary N) is 1. The molecule has 4 rings (SSSR count). The lowest BCUT2D eigenvalue weighted by molar-refractivity contribution is 0.00516. The third kappa shape index (κ3) is 4.09. The zero-order valence-corrected chi connectivity index (χ0v) is 17.7. The average Bonchev–Trinajstić information content (AvgIpc) is 3.36. The summed E-state index contributed by atoms with van der Waals surface area (Å²) in [4.78, 5) is 16.0. The van der Waals surface area contributed by atoms with Crippen molar-refractivity contribution in [2.24, 2.45) is 5.73 Å². The van der Waals surface area contributed by atoms with Crippen molar-refractivity contribution in [2.45, 2.75) is 12.8 Å². The molecule has 3 N–H and O–H groups in total. The fourth-order valence-corrected chi connectivity index (χ4v) is 3.40. The van der Waals surface area contributed by atoms with E-state index in [9.17, 15) is 13.6 Å². The number of carbonyl (C=O) groups excluding carboxylic acids is 1. The summed E-state index contributed by atoms with van der Waals surface area (Å²) in [5.41, 5.74) is 6.42. The molecule has 0 spiro atoms. The van der Waals surface area contributed by atoms with Crippen molar-refractivity contribution in [2.75, 3.05) is 5.32 Å². The van der Waals surface area contributed by atoms with Gasteiger partial charge in [0, 0.05) is 6.92 Å². The molecule has 0 aliphatic carbocycles. The van der Waals surface area contributed by atoms with Crippen LogP contribution in [0.4, 0.5) is 20.2 Å². The summed E-state index contributed by atoms with van der Waals surface area (Å²) < 4.78 is 29.4. The summed E-state index contributed by atoms with van der Waals surface area (Å²) in [6.07, 6.45) is 2.83. The summed E-state index contributed by atoms with van der Waals surface area (Å²) in [7, 11) is 0. The van der Waals surface area contributed by atoms with Crippen LogP contribution >= 0.6 is 23.2 Å². The van der Waals surface area contributed by atoms with E-state index in [4.69, 9.17) is 28.9 Å². The van der Waals surface area contributed by atoms with Crippen molar-refractivity contribution in [3.63, 3.8) is 0 Å². The Balaban J connectivity index is 1.66. The molecule has 4 aromatic rings. The van der Waals surface area contributed by atoms with Crippen molar-refractivity contribution in [1.29, 1.82) is 0 Å². The van der Waals surface area contributed by atoms with Gasteiger partial charge in [0.15, 0.2) is 11.5 Å². The molecule has 0 bridgehead atoms. The van der Waals surface area contributed by atoms with Crippen LogP contribution in [0.15, 0.2) is 42.7 Å². The van der Waals surface area contributed by atoms with Gasteiger partial charge in [0.05, 0.1) is 33.8 Å². The van der Waals surface area contributed by atoms with Crippen molar-refractivity contribution in [3.8, 4) is 11.5 Å². The van der Waals surface area contributed by atoms with E-state index in [0.717, 1.165) is 4.68 Å². The van der Waals surface area contributed by atoms with E-state index in [0.29, 0.717) is 28.3 Å². The molecule has 10 nitrogen and oxygen atoms in total. The number of nitrogens with zero attached hydrogens (tertiary/aromatic N) is 7. The van der Waals surface area contributed by atoms with Gasteiger partial charge in [0.25, 0.3) is 5.91 Å². The Morgan fingerprint density at radius 2 is 1.91 bits per heavy atom. The van der Waals surface area contributed by atoms with Crippen LogP contribution in [0.3, 0.4) is 0 Å². The molecule has 1 aromatic carbocycles. The van der Waals surface area contributed by atoms with Gasteiger partial charge in [0.2, 0.25) is 5.82 Å². The van der Waals surface area contributed by atoms with Crippen LogP contribution < -0.4 is 11.1 Å². The molecule has 0 saturated heterocycles. The number of amides is 1. The van der Waals surface area contributed by atoms with Gasteiger partial charge in [-0.25, -0.2) is 9.67 Å². The number of benzene rings is 1. The molecule has 164 valence electrons. The van der Waals surface area contributed by atoms with Gasteiger partial charge in [0.1, 0.15) is 5.69 Å². The molecular formula is C18H13Cl2F2N9O. The third-order valence-corrected chi connectivity index (χ3v) is 4.83. The number of para-hydroxylation sites is 1. The zero-order valence-electron chi connectivity index (χ0n) is 16.2. The van der Waals surface area contributed by atoms with E-state index < -0.39 is 17.7 Å². The second kappa shape index (κ2) is 8.13. The molecule has 0 unspecified atom stereocenters. The normalized spacial score (nSPS) is 11.5. The largest absolute Gasteiger partial charge is 0.364 e. The van der Waals surface area contributed by atoms with Gasteiger partial charge >= 0.3 is 5.92 Å². The minimum absolute atomic E-state index is 0.0709. The first-order valence-corrected chi connectivity index (χ1v) is 9.64. The van der Waals surface area contributed by atoms with Crippen LogP contribution in [0, 0.1) is 0 Å². The maximum absolute atomic E-state index is 13.6. The summed E-state index contributed by atoms with van der Waals surface area (Å²) >= 11 is 12.4. The lowest BCUT2D eigenvalue weighted by atomic mass is 10.3. The molecule has 3 heterocycles. The van der Waals surface area contributed by atoms with E-state index in [-0.39, 0.29) is 17.2 Å². The molecule has 14 heteroatoms. The highest BCUT2D eigenvalue weighted by Crippen LogP contribution is 2.31. The predicted molar refractivity (Wildman–Crippen MR) is 112 cm³/mol. The lowest BCUT2D eigenvalue weighted by Gasteiger charge is -2.10. The van der Waals surface area contributed by atoms with Crippen LogP contribution in [0.1, 0.15) is 23.2 Å². The summed E-state index contributed by atoms with van der Waals surface area (Å²) in [5, 5.41) is 17.9. The standard InChI is InChI=1S/C18H13Cl2F2N9O/c1-18(21,22)17-26-28-29-31(17)13-6-5-9(7-24-13)25-12-8-30(27-14(12)16(23)32)15-10(19)3-2-4-11(15)20/h2-8,25H,1H3,(H2,23,32). The first-order valence-electron chi connectivity index (χ1n) is 8.89. The average molecular weight is 480 g/mol. The SMILES string of the molecule is CC(F)(F)c1nnnn1-c1ccc(Nc2cn(-c3c(Cl)cccc3Cl)nc2C(N)=O)cn1. The molecular weight excluding hydrogens is 467 g/mol. The lowest BCUT2D eigenvalue weighted by Crippen LogP contribution is -2.16. The number of tetrazole rings is 1. The summed E-state index contributed by atoms with van der Waals surface area (Å²) in [6, 6.07) is 7.87. The number of halogens is 4. The maximum atomic E-state index is 13.6. The van der Waals surface area contributed by atoms with Gasteiger partial charge < -0.3 is 11.1 Å². The molecule has 3 aromatic heterocycles. The van der Waals surface area contributed by atoms with Crippen molar-refractivity contribution < 1.29 is 13.6 Å². The molecule has 0 saturated carbocycles. The number of nitrogens with two attached hydrogens (primary N) is 1. The van der Waals surface area contributed by atoms with Crippen molar-refractivity contribution >= 4 is 40.5 Å². The molecule has 0 aliphatic heterocycles. The second-order valence-electron chi connectivity index (χ2n) is 6.60. The number of anilines is 2. The highest BCUT2D eigenvalue weighted by atomic mass is 35.5. The molecule has 0 fully saturated rings. The smallest absolute Gasteiger partial charge is 0.305 e. The van der Waals surface area contributed by atoms with Gasteiger partial charge in [-0.1, -0.05) is 29.3 Å². The molecule has 0 radical (unpaired) electrons. The Hall–Kier alpha value is -3.64. The van der Waals surface area contributed by atoms with Crippen molar-refractivity contribution in [3.05, 3.63) is 64.3 Å². The molecule has 1 amide bonds. The molecule has 32 heavy (non-hydrogen) atoms. The second-order valence-corrected chi connectivity index (χ2v) is 7.42. The monoisotopic (exact) mass is 479 g/mol. The number of primary amides is 1. The quantitative estimate of drug-likeness (QED) is 0.432. The Bertz CT molecular complexity index is 1280. The maximum Gasteiger partial charge on any atom is 0.305 e. The molecule has 0 atom stereocenters. The Labute approximate surface area is 188 Å². The number of hydrogen-bond acceptors (Lipinski definition) is 7. The minimum Gasteiger partial charge on any atom is -0.364 e. The fourth-order valence-electron chi connectivity index (χ4n) is 2.83. The predicted octanol–water partition coefficient (Wildman–Crippen LogP) is 3.50. The van der Waals surface area contributed by atoms with Gasteiger partial charge in [-0.2, -0.15) is 18.6 Å². The number of aromatic nitrogens is 7. The number of pyridine rings is 1. The van der Waals surface area contributed by atoms with Crippen LogP contribution in [0.5, 0.6) is 0 Å². The first kappa shape index (κ1) is 21.6. The van der Waals surface area contributed by atoms with Crippen molar-refractivity contribution in [1.82, 2.24) is 35.0 Å². The third-order valence-electron chi connectivity index (χ3n) is 4.22. The number of alkyl halides is 2. The van der Waals surface area contributed by atoms with E-state index in [1.54, 1.807) is 18.2 Å². The number of hydrogen-bond donors (Lipinski definition) is 2. The minimum atomic E-state index is -3.26. The molecule has 0 aliphatic rings. The zero-order chi connectivity index (χ0) is 23.0. The fraction of sp³-hybridized carbons (Fsp3) is 0.111. The number of rotatable bonds is 6. The Kier molecular flexibility index (Phi) is 5.48. The number of carbonyl (C=O) groups is 1. The van der Waals surface area contributed by atoms with Crippen LogP contribution in [-0.2, 0) is 5.92 Å². The van der Waals surface area contributed by atoms with E-state index in [1.165, 1.54) is 29.2 Å². The topological polar surface area (TPSA) is 129 Å². The van der Waals surface area contributed by atoms with Crippen LogP contribution in [-0.4, -0.2) is 40.9 Å². The van der Waals surface area contributed by atoms with E-state index in [1.807, 2.05) is 0 Å². The van der Waals surface area contributed by atoms with Gasteiger partial charge in [-0.05, 0) is 34.7 Å².